The predicted molar refractivity (Wildman–Crippen MR) is 177 cm³/mol. The van der Waals surface area contributed by atoms with Crippen LogP contribution in [0.15, 0.2) is 54.6 Å². The predicted octanol–water partition coefficient (Wildman–Crippen LogP) is 11.0. The van der Waals surface area contributed by atoms with Crippen LogP contribution in [0.4, 0.5) is 0 Å². The van der Waals surface area contributed by atoms with Crippen LogP contribution in [0.2, 0.25) is 0 Å². The molecule has 3 aromatic carbocycles. The highest BCUT2D eigenvalue weighted by atomic mass is 16.3. The summed E-state index contributed by atoms with van der Waals surface area (Å²) in [6.45, 7) is 26.8. The number of phenolic OH excluding ortho intramolecular Hbond substituents is 2. The van der Waals surface area contributed by atoms with Crippen LogP contribution >= 0.6 is 0 Å². The molecule has 0 radical (unpaired) electrons. The maximum Gasteiger partial charge on any atom is 0.123 e. The normalized spacial score (nSPS) is 13.2. The van der Waals surface area contributed by atoms with E-state index in [1.54, 1.807) is 0 Å². The van der Waals surface area contributed by atoms with Crippen molar-refractivity contribution in [2.75, 3.05) is 0 Å². The molecule has 2 heteroatoms. The SMILES string of the molecule is CCC(C)(C)c1cc(C(c2ccccc2)c2cc(C(C)(C)CC)cc(C(C)(C)CC)c2O)c(O)c(C(C)(C)CC)c1. The van der Waals surface area contributed by atoms with Crippen molar-refractivity contribution in [3.63, 3.8) is 0 Å². The molecule has 0 aromatic heterocycles. The lowest BCUT2D eigenvalue weighted by Gasteiger charge is -2.34. The van der Waals surface area contributed by atoms with Gasteiger partial charge >= 0.3 is 0 Å². The Bertz CT molecular complexity index is 1260. The van der Waals surface area contributed by atoms with Gasteiger partial charge in [0.05, 0.1) is 0 Å². The third kappa shape index (κ3) is 6.37. The van der Waals surface area contributed by atoms with E-state index in [9.17, 15) is 10.2 Å². The molecule has 0 saturated heterocycles. The molecule has 0 unspecified atom stereocenters. The van der Waals surface area contributed by atoms with Crippen LogP contribution in [0.5, 0.6) is 11.5 Å². The van der Waals surface area contributed by atoms with E-state index in [1.165, 1.54) is 11.1 Å². The van der Waals surface area contributed by atoms with Crippen molar-refractivity contribution in [2.45, 2.75) is 136 Å². The fourth-order valence-electron chi connectivity index (χ4n) is 5.53. The summed E-state index contributed by atoms with van der Waals surface area (Å²) in [6.07, 6.45) is 3.79. The molecule has 0 aliphatic carbocycles. The summed E-state index contributed by atoms with van der Waals surface area (Å²) in [5, 5.41) is 24.3. The summed E-state index contributed by atoms with van der Waals surface area (Å²) in [5.41, 5.74) is 6.68. The molecule has 3 rings (SSSR count). The summed E-state index contributed by atoms with van der Waals surface area (Å²) < 4.78 is 0. The third-order valence-electron chi connectivity index (χ3n) is 10.6. The van der Waals surface area contributed by atoms with Gasteiger partial charge in [0, 0.05) is 28.2 Å². The molecule has 2 nitrogen and oxygen atoms in total. The molecule has 0 aliphatic rings. The number of rotatable bonds is 11. The lowest BCUT2D eigenvalue weighted by molar-refractivity contribution is 0.412. The Morgan fingerprint density at radius 3 is 1.17 bits per heavy atom. The zero-order valence-corrected chi connectivity index (χ0v) is 28.0. The van der Waals surface area contributed by atoms with Crippen molar-refractivity contribution >= 4 is 0 Å². The van der Waals surface area contributed by atoms with E-state index >= 15 is 0 Å². The van der Waals surface area contributed by atoms with E-state index in [4.69, 9.17) is 0 Å². The highest BCUT2D eigenvalue weighted by molar-refractivity contribution is 5.61. The van der Waals surface area contributed by atoms with Gasteiger partial charge in [0.15, 0.2) is 0 Å². The Balaban J connectivity index is 2.57. The van der Waals surface area contributed by atoms with E-state index in [-0.39, 0.29) is 27.6 Å². The number of phenols is 2. The van der Waals surface area contributed by atoms with Gasteiger partial charge in [0.1, 0.15) is 11.5 Å². The fraction of sp³-hybridized carbons (Fsp3) is 0.538. The molecule has 0 heterocycles. The van der Waals surface area contributed by atoms with Crippen molar-refractivity contribution < 1.29 is 10.2 Å². The monoisotopic (exact) mass is 556 g/mol. The quantitative estimate of drug-likeness (QED) is 0.231. The lowest BCUT2D eigenvalue weighted by atomic mass is 9.70. The molecule has 0 aliphatic heterocycles. The second-order valence-corrected chi connectivity index (χ2v) is 14.7. The number of hydrogen-bond donors (Lipinski definition) is 2. The van der Waals surface area contributed by atoms with Gasteiger partial charge in [-0.25, -0.2) is 0 Å². The Kier molecular flexibility index (Phi) is 9.48. The first-order valence-corrected chi connectivity index (χ1v) is 15.8. The minimum atomic E-state index is -0.325. The number of hydrogen-bond acceptors (Lipinski definition) is 2. The first-order chi connectivity index (χ1) is 19.0. The Labute approximate surface area is 251 Å². The van der Waals surface area contributed by atoms with Crippen LogP contribution < -0.4 is 0 Å². The van der Waals surface area contributed by atoms with Crippen molar-refractivity contribution in [1.29, 1.82) is 0 Å². The highest BCUT2D eigenvalue weighted by Crippen LogP contribution is 2.50. The second kappa shape index (κ2) is 11.9. The smallest absolute Gasteiger partial charge is 0.123 e. The molecular formula is C39H56O2. The highest BCUT2D eigenvalue weighted by Gasteiger charge is 2.35. The standard InChI is InChI=1S/C39H56O2/c1-13-36(5,6)27-22-29(34(40)31(24-27)38(9,10)15-3)33(26-20-18-17-19-21-26)30-23-28(37(7,8)14-2)25-32(35(30)41)39(11,12)16-4/h17-25,33,40-41H,13-16H2,1-12H3. The van der Waals surface area contributed by atoms with Gasteiger partial charge in [-0.05, 0) is 64.0 Å². The Hall–Kier alpha value is -2.74. The molecule has 0 saturated carbocycles. The van der Waals surface area contributed by atoms with Crippen LogP contribution in [0.3, 0.4) is 0 Å². The summed E-state index contributed by atoms with van der Waals surface area (Å²) in [4.78, 5) is 0. The Morgan fingerprint density at radius 2 is 0.854 bits per heavy atom. The van der Waals surface area contributed by atoms with Crippen LogP contribution in [0.25, 0.3) is 0 Å². The van der Waals surface area contributed by atoms with Crippen LogP contribution in [-0.4, -0.2) is 10.2 Å². The number of aromatic hydroxyl groups is 2. The minimum Gasteiger partial charge on any atom is -0.507 e. The largest absolute Gasteiger partial charge is 0.507 e. The molecular weight excluding hydrogens is 500 g/mol. The first-order valence-electron chi connectivity index (χ1n) is 15.8. The van der Waals surface area contributed by atoms with Gasteiger partial charge in [0.2, 0.25) is 0 Å². The van der Waals surface area contributed by atoms with Gasteiger partial charge in [0.25, 0.3) is 0 Å². The van der Waals surface area contributed by atoms with Gasteiger partial charge in [-0.3, -0.25) is 0 Å². The van der Waals surface area contributed by atoms with Gasteiger partial charge in [-0.15, -0.1) is 0 Å². The Morgan fingerprint density at radius 1 is 0.512 bits per heavy atom. The number of benzene rings is 3. The lowest BCUT2D eigenvalue weighted by Crippen LogP contribution is -2.23. The van der Waals surface area contributed by atoms with Crippen LogP contribution in [0.1, 0.15) is 154 Å². The second-order valence-electron chi connectivity index (χ2n) is 14.7. The molecule has 2 N–H and O–H groups in total. The molecule has 0 amide bonds. The average Bonchev–Trinajstić information content (AvgIpc) is 2.94. The third-order valence-corrected chi connectivity index (χ3v) is 10.6. The average molecular weight is 557 g/mol. The first kappa shape index (κ1) is 32.8. The maximum atomic E-state index is 12.2. The molecule has 0 bridgehead atoms. The van der Waals surface area contributed by atoms with Gasteiger partial charge < -0.3 is 10.2 Å². The summed E-state index contributed by atoms with van der Waals surface area (Å²) in [6, 6.07) is 19.3. The molecule has 3 aromatic rings. The van der Waals surface area contributed by atoms with Crippen molar-refractivity contribution in [3.8, 4) is 11.5 Å². The fourth-order valence-corrected chi connectivity index (χ4v) is 5.53. The topological polar surface area (TPSA) is 40.5 Å². The molecule has 0 atom stereocenters. The van der Waals surface area contributed by atoms with E-state index in [0.29, 0.717) is 11.5 Å². The van der Waals surface area contributed by atoms with E-state index in [2.05, 4.69) is 132 Å². The summed E-state index contributed by atoms with van der Waals surface area (Å²) in [5.74, 6) is 0.364. The van der Waals surface area contributed by atoms with Crippen LogP contribution in [0, 0.1) is 0 Å². The van der Waals surface area contributed by atoms with E-state index in [0.717, 1.165) is 53.5 Å². The minimum absolute atomic E-state index is 0.0638. The molecule has 41 heavy (non-hydrogen) atoms. The molecule has 224 valence electrons. The van der Waals surface area contributed by atoms with Gasteiger partial charge in [-0.2, -0.15) is 0 Å². The van der Waals surface area contributed by atoms with Gasteiger partial charge in [-0.1, -0.05) is 138 Å². The van der Waals surface area contributed by atoms with E-state index < -0.39 is 0 Å². The van der Waals surface area contributed by atoms with Crippen molar-refractivity contribution in [3.05, 3.63) is 93.5 Å². The molecule has 0 spiro atoms. The maximum absolute atomic E-state index is 12.2. The summed E-state index contributed by atoms with van der Waals surface area (Å²) >= 11 is 0. The summed E-state index contributed by atoms with van der Waals surface area (Å²) in [7, 11) is 0. The zero-order valence-electron chi connectivity index (χ0n) is 28.0. The van der Waals surface area contributed by atoms with Crippen LogP contribution in [-0.2, 0) is 21.7 Å². The van der Waals surface area contributed by atoms with Crippen molar-refractivity contribution in [1.82, 2.24) is 0 Å². The van der Waals surface area contributed by atoms with E-state index in [1.807, 2.05) is 6.07 Å². The van der Waals surface area contributed by atoms with Crippen molar-refractivity contribution in [2.24, 2.45) is 0 Å². The zero-order chi connectivity index (χ0) is 31.0. The molecule has 0 fully saturated rings.